The van der Waals surface area contributed by atoms with Crippen LogP contribution in [0.4, 0.5) is 0 Å². The number of fused-ring (bicyclic) bond motifs is 1. The molecule has 0 aliphatic carbocycles. The molecule has 4 nitrogen and oxygen atoms in total. The molecule has 0 N–H and O–H groups in total. The third-order valence-corrected chi connectivity index (χ3v) is 4.46. The minimum atomic E-state index is -0.479. The molecule has 1 atom stereocenters. The summed E-state index contributed by atoms with van der Waals surface area (Å²) in [6, 6.07) is 10.2. The summed E-state index contributed by atoms with van der Waals surface area (Å²) in [6.45, 7) is 9.50. The number of aliphatic imine (C=N–C) groups is 1. The highest BCUT2D eigenvalue weighted by Crippen LogP contribution is 2.30. The normalized spacial score (nSPS) is 19.8. The van der Waals surface area contributed by atoms with Crippen LogP contribution in [0.25, 0.3) is 0 Å². The van der Waals surface area contributed by atoms with Gasteiger partial charge in [0.1, 0.15) is 11.4 Å². The van der Waals surface area contributed by atoms with Crippen LogP contribution in [0.5, 0.6) is 5.75 Å². The second-order valence-corrected chi connectivity index (χ2v) is 7.23. The molecule has 25 heavy (non-hydrogen) atoms. The molecule has 0 fully saturated rings. The molecule has 1 unspecified atom stereocenters. The molecule has 2 heterocycles. The van der Waals surface area contributed by atoms with Crippen molar-refractivity contribution in [1.29, 1.82) is 0 Å². The van der Waals surface area contributed by atoms with Crippen molar-refractivity contribution in [2.45, 2.75) is 39.2 Å². The van der Waals surface area contributed by atoms with Crippen molar-refractivity contribution in [1.82, 2.24) is 4.98 Å². The number of benzene rings is 1. The van der Waals surface area contributed by atoms with E-state index in [2.05, 4.69) is 37.9 Å². The van der Waals surface area contributed by atoms with E-state index in [1.807, 2.05) is 31.3 Å². The van der Waals surface area contributed by atoms with Gasteiger partial charge in [0.05, 0.1) is 18.9 Å². The highest BCUT2D eigenvalue weighted by Gasteiger charge is 2.31. The second-order valence-electron chi connectivity index (χ2n) is 7.23. The van der Waals surface area contributed by atoms with Crippen LogP contribution >= 0.6 is 0 Å². The van der Waals surface area contributed by atoms with Crippen molar-refractivity contribution < 1.29 is 9.47 Å². The van der Waals surface area contributed by atoms with E-state index in [-0.39, 0.29) is 0 Å². The van der Waals surface area contributed by atoms with Crippen LogP contribution < -0.4 is 4.74 Å². The van der Waals surface area contributed by atoms with Crippen molar-refractivity contribution >= 4 is 5.71 Å². The molecule has 3 rings (SSSR count). The number of pyridine rings is 1. The van der Waals surface area contributed by atoms with E-state index in [9.17, 15) is 0 Å². The number of hydrogen-bond donors (Lipinski definition) is 0. The third-order valence-electron chi connectivity index (χ3n) is 4.46. The van der Waals surface area contributed by atoms with Gasteiger partial charge in [-0.15, -0.1) is 0 Å². The Morgan fingerprint density at radius 1 is 1.28 bits per heavy atom. The lowest BCUT2D eigenvalue weighted by molar-refractivity contribution is 0.0121. The Labute approximate surface area is 149 Å². The number of para-hydroxylation sites is 1. The van der Waals surface area contributed by atoms with Gasteiger partial charge in [-0.25, -0.2) is 0 Å². The predicted molar refractivity (Wildman–Crippen MR) is 101 cm³/mol. The van der Waals surface area contributed by atoms with Crippen molar-refractivity contribution in [2.75, 3.05) is 20.3 Å². The molecule has 0 radical (unpaired) electrons. The second kappa shape index (κ2) is 6.96. The number of methoxy groups -OCH3 is 1. The maximum atomic E-state index is 6.27. The van der Waals surface area contributed by atoms with Crippen LogP contribution in [0.1, 0.15) is 49.1 Å². The lowest BCUT2D eigenvalue weighted by Crippen LogP contribution is -2.40. The van der Waals surface area contributed by atoms with E-state index in [1.54, 1.807) is 7.11 Å². The van der Waals surface area contributed by atoms with Crippen molar-refractivity contribution in [3.8, 4) is 5.75 Å². The van der Waals surface area contributed by atoms with E-state index in [0.717, 1.165) is 28.3 Å². The minimum Gasteiger partial charge on any atom is -0.483 e. The highest BCUT2D eigenvalue weighted by atomic mass is 16.5. The Morgan fingerprint density at radius 2 is 2.04 bits per heavy atom. The Bertz CT molecular complexity index is 798. The molecular weight excluding hydrogens is 312 g/mol. The van der Waals surface area contributed by atoms with Crippen LogP contribution in [0.15, 0.2) is 41.5 Å². The summed E-state index contributed by atoms with van der Waals surface area (Å²) >= 11 is 0. The zero-order valence-electron chi connectivity index (χ0n) is 15.7. The lowest BCUT2D eigenvalue weighted by Gasteiger charge is -2.27. The average molecular weight is 338 g/mol. The molecule has 0 spiro atoms. The van der Waals surface area contributed by atoms with E-state index in [1.165, 1.54) is 5.56 Å². The van der Waals surface area contributed by atoms with Crippen LogP contribution in [0, 0.1) is 6.92 Å². The summed E-state index contributed by atoms with van der Waals surface area (Å²) in [5.41, 5.74) is 4.80. The first kappa shape index (κ1) is 17.6. The van der Waals surface area contributed by atoms with Gasteiger partial charge in [0.2, 0.25) is 0 Å². The fourth-order valence-corrected chi connectivity index (χ4v) is 3.33. The first-order valence-corrected chi connectivity index (χ1v) is 8.72. The van der Waals surface area contributed by atoms with Gasteiger partial charge >= 0.3 is 0 Å². The van der Waals surface area contributed by atoms with Crippen molar-refractivity contribution in [3.63, 3.8) is 0 Å². The van der Waals surface area contributed by atoms with Crippen molar-refractivity contribution in [3.05, 3.63) is 58.9 Å². The number of nitrogens with zero attached hydrogens (tertiary/aromatic N) is 2. The quantitative estimate of drug-likeness (QED) is 0.841. The number of aromatic nitrogens is 1. The van der Waals surface area contributed by atoms with Crippen LogP contribution in [-0.2, 0) is 4.74 Å². The van der Waals surface area contributed by atoms with Crippen molar-refractivity contribution in [2.24, 2.45) is 4.99 Å². The Kier molecular flexibility index (Phi) is 4.91. The Hall–Kier alpha value is -2.20. The van der Waals surface area contributed by atoms with Gasteiger partial charge in [-0.05, 0) is 43.5 Å². The van der Waals surface area contributed by atoms with Crippen LogP contribution in [0.2, 0.25) is 0 Å². The molecule has 4 heteroatoms. The molecule has 0 amide bonds. The first-order valence-electron chi connectivity index (χ1n) is 8.72. The zero-order valence-corrected chi connectivity index (χ0v) is 15.7. The van der Waals surface area contributed by atoms with E-state index < -0.39 is 5.60 Å². The van der Waals surface area contributed by atoms with Gasteiger partial charge < -0.3 is 9.47 Å². The van der Waals surface area contributed by atoms with E-state index >= 15 is 0 Å². The van der Waals surface area contributed by atoms with Crippen LogP contribution in [-0.4, -0.2) is 36.6 Å². The topological polar surface area (TPSA) is 43.7 Å². The number of rotatable bonds is 4. The molecule has 0 saturated carbocycles. The average Bonchev–Trinajstić information content (AvgIpc) is 2.70. The molecule has 1 aliphatic rings. The maximum absolute atomic E-state index is 6.27. The monoisotopic (exact) mass is 338 g/mol. The van der Waals surface area contributed by atoms with E-state index in [4.69, 9.17) is 14.5 Å². The Morgan fingerprint density at radius 3 is 2.72 bits per heavy atom. The standard InChI is InChI=1S/C21H26N2O2/c1-14(2)19-15(3)10-16(11-22-19)20-17-8-6-7-9-18(17)25-21(4,12-23-20)13-24-5/h6-11,14H,12-13H2,1-5H3. The van der Waals surface area contributed by atoms with Gasteiger partial charge in [-0.2, -0.15) is 0 Å². The lowest BCUT2D eigenvalue weighted by atomic mass is 9.98. The first-order chi connectivity index (χ1) is 11.9. The number of aryl methyl sites for hydroxylation is 1. The highest BCUT2D eigenvalue weighted by molar-refractivity contribution is 6.14. The molecule has 1 aromatic carbocycles. The fraction of sp³-hybridized carbons (Fsp3) is 0.429. The molecule has 132 valence electrons. The van der Waals surface area contributed by atoms with E-state index in [0.29, 0.717) is 19.1 Å². The van der Waals surface area contributed by atoms with Gasteiger partial charge in [-0.3, -0.25) is 9.98 Å². The SMILES string of the molecule is COCC1(C)CN=C(c2cnc(C(C)C)c(C)c2)c2ccccc2O1. The number of ether oxygens (including phenoxy) is 2. The summed E-state index contributed by atoms with van der Waals surface area (Å²) < 4.78 is 11.6. The third kappa shape index (κ3) is 3.59. The van der Waals surface area contributed by atoms with Gasteiger partial charge in [0.25, 0.3) is 0 Å². The molecular formula is C21H26N2O2. The summed E-state index contributed by atoms with van der Waals surface area (Å²) in [5.74, 6) is 1.25. The minimum absolute atomic E-state index is 0.408. The fourth-order valence-electron chi connectivity index (χ4n) is 3.33. The maximum Gasteiger partial charge on any atom is 0.149 e. The van der Waals surface area contributed by atoms with Gasteiger partial charge in [0.15, 0.2) is 0 Å². The molecule has 0 saturated heterocycles. The molecule has 1 aliphatic heterocycles. The summed E-state index contributed by atoms with van der Waals surface area (Å²) in [7, 11) is 1.69. The van der Waals surface area contributed by atoms with Crippen LogP contribution in [0.3, 0.4) is 0 Å². The smallest absolute Gasteiger partial charge is 0.149 e. The molecule has 1 aromatic heterocycles. The summed E-state index contributed by atoms with van der Waals surface area (Å²) in [6.07, 6.45) is 1.93. The summed E-state index contributed by atoms with van der Waals surface area (Å²) in [4.78, 5) is 9.58. The zero-order chi connectivity index (χ0) is 18.0. The predicted octanol–water partition coefficient (Wildman–Crippen LogP) is 4.15. The van der Waals surface area contributed by atoms with Gasteiger partial charge in [0, 0.05) is 30.1 Å². The largest absolute Gasteiger partial charge is 0.483 e. The number of hydrogen-bond acceptors (Lipinski definition) is 4. The molecule has 2 aromatic rings. The summed E-state index contributed by atoms with van der Waals surface area (Å²) in [5, 5.41) is 0. The molecule has 0 bridgehead atoms. The Balaban J connectivity index is 2.09. The van der Waals surface area contributed by atoms with Gasteiger partial charge in [-0.1, -0.05) is 26.0 Å².